The van der Waals surface area contributed by atoms with Gasteiger partial charge in [-0.05, 0) is 19.4 Å². The van der Waals surface area contributed by atoms with Crippen molar-refractivity contribution in [2.24, 2.45) is 0 Å². The molecule has 0 radical (unpaired) electrons. The van der Waals surface area contributed by atoms with E-state index in [-0.39, 0.29) is 0 Å². The second kappa shape index (κ2) is 6.69. The number of anilines is 1. The number of hydrogen-bond acceptors (Lipinski definition) is 4. The van der Waals surface area contributed by atoms with E-state index in [0.717, 1.165) is 12.8 Å². The predicted molar refractivity (Wildman–Crippen MR) is 86.7 cm³/mol. The summed E-state index contributed by atoms with van der Waals surface area (Å²) in [5, 5.41) is 1.06. The highest BCUT2D eigenvalue weighted by Crippen LogP contribution is 2.37. The lowest BCUT2D eigenvalue weighted by atomic mass is 10.3. The quantitative estimate of drug-likeness (QED) is 0.785. The molecular weight excluding hydrogens is 333 g/mol. The van der Waals surface area contributed by atoms with Crippen molar-refractivity contribution in [3.63, 3.8) is 0 Å². The van der Waals surface area contributed by atoms with Gasteiger partial charge in [-0.3, -0.25) is 0 Å². The van der Waals surface area contributed by atoms with Crippen LogP contribution in [0.15, 0.2) is 12.1 Å². The Bertz CT molecular complexity index is 677. The molecule has 7 heteroatoms. The smallest absolute Gasteiger partial charge is 0.227 e. The molecule has 0 amide bonds. The fourth-order valence-corrected chi connectivity index (χ4v) is 2.26. The van der Waals surface area contributed by atoms with Gasteiger partial charge in [0.2, 0.25) is 5.88 Å². The molecule has 0 unspecified atom stereocenters. The van der Waals surface area contributed by atoms with E-state index in [1.165, 1.54) is 6.07 Å². The van der Waals surface area contributed by atoms with Crippen molar-refractivity contribution >= 4 is 40.6 Å². The van der Waals surface area contributed by atoms with E-state index in [1.807, 2.05) is 6.92 Å². The van der Waals surface area contributed by atoms with Crippen LogP contribution in [0.4, 0.5) is 5.82 Å². The highest BCUT2D eigenvalue weighted by atomic mass is 35.5. The average Bonchev–Trinajstić information content (AvgIpc) is 2.42. The summed E-state index contributed by atoms with van der Waals surface area (Å²) < 4.78 is 5.74. The van der Waals surface area contributed by atoms with Gasteiger partial charge in [-0.25, -0.2) is 4.98 Å². The van der Waals surface area contributed by atoms with Crippen LogP contribution in [0, 0.1) is 6.92 Å². The first-order valence-electron chi connectivity index (χ1n) is 6.37. The van der Waals surface area contributed by atoms with E-state index in [2.05, 4.69) is 9.97 Å². The van der Waals surface area contributed by atoms with E-state index in [9.17, 15) is 0 Å². The molecule has 21 heavy (non-hydrogen) atoms. The van der Waals surface area contributed by atoms with Crippen molar-refractivity contribution in [1.29, 1.82) is 0 Å². The first-order chi connectivity index (χ1) is 9.92. The SMILES string of the molecule is CCCc1nc(N)c(C)c(Oc2cc(Cl)c(Cl)cc2Cl)n1. The van der Waals surface area contributed by atoms with Crippen LogP contribution in [0.5, 0.6) is 11.6 Å². The zero-order chi connectivity index (χ0) is 15.6. The molecule has 0 fully saturated rings. The molecule has 1 heterocycles. The minimum Gasteiger partial charge on any atom is -0.437 e. The van der Waals surface area contributed by atoms with Crippen LogP contribution in [0.1, 0.15) is 24.7 Å². The largest absolute Gasteiger partial charge is 0.437 e. The molecule has 2 N–H and O–H groups in total. The summed E-state index contributed by atoms with van der Waals surface area (Å²) in [7, 11) is 0. The second-order valence-electron chi connectivity index (χ2n) is 4.50. The van der Waals surface area contributed by atoms with Gasteiger partial charge < -0.3 is 10.5 Å². The summed E-state index contributed by atoms with van der Waals surface area (Å²) in [5.41, 5.74) is 6.54. The lowest BCUT2D eigenvalue weighted by Crippen LogP contribution is -2.05. The van der Waals surface area contributed by atoms with Crippen molar-refractivity contribution in [3.8, 4) is 11.6 Å². The second-order valence-corrected chi connectivity index (χ2v) is 5.73. The molecule has 1 aromatic heterocycles. The highest BCUT2D eigenvalue weighted by molar-refractivity contribution is 6.43. The molecular formula is C14H14Cl3N3O. The predicted octanol–water partition coefficient (Wildman–Crippen LogP) is 5.07. The van der Waals surface area contributed by atoms with Crippen molar-refractivity contribution in [2.75, 3.05) is 5.73 Å². The summed E-state index contributed by atoms with van der Waals surface area (Å²) in [6.07, 6.45) is 1.63. The summed E-state index contributed by atoms with van der Waals surface area (Å²) in [4.78, 5) is 8.59. The number of benzene rings is 1. The number of hydrogen-bond donors (Lipinski definition) is 1. The maximum Gasteiger partial charge on any atom is 0.227 e. The Hall–Kier alpha value is -1.23. The molecule has 0 aliphatic rings. The molecule has 0 bridgehead atoms. The number of aryl methyl sites for hydroxylation is 1. The van der Waals surface area contributed by atoms with Gasteiger partial charge in [0.15, 0.2) is 0 Å². The first-order valence-corrected chi connectivity index (χ1v) is 7.51. The Labute approximate surface area is 138 Å². The van der Waals surface area contributed by atoms with E-state index >= 15 is 0 Å². The molecule has 112 valence electrons. The van der Waals surface area contributed by atoms with Gasteiger partial charge in [0.1, 0.15) is 17.4 Å². The lowest BCUT2D eigenvalue weighted by molar-refractivity contribution is 0.455. The van der Waals surface area contributed by atoms with E-state index in [1.54, 1.807) is 13.0 Å². The zero-order valence-corrected chi connectivity index (χ0v) is 13.9. The topological polar surface area (TPSA) is 61.0 Å². The average molecular weight is 347 g/mol. The third kappa shape index (κ3) is 3.70. The summed E-state index contributed by atoms with van der Waals surface area (Å²) in [6.45, 7) is 3.82. The van der Waals surface area contributed by atoms with Crippen LogP contribution in [0.25, 0.3) is 0 Å². The molecule has 4 nitrogen and oxygen atoms in total. The first kappa shape index (κ1) is 16.1. The van der Waals surface area contributed by atoms with Crippen molar-refractivity contribution in [1.82, 2.24) is 9.97 Å². The Balaban J connectivity index is 2.41. The maximum atomic E-state index is 6.10. The van der Waals surface area contributed by atoms with Gasteiger partial charge in [-0.15, -0.1) is 0 Å². The monoisotopic (exact) mass is 345 g/mol. The summed E-state index contributed by atoms with van der Waals surface area (Å²) in [6, 6.07) is 3.07. The van der Waals surface area contributed by atoms with Crippen molar-refractivity contribution < 1.29 is 4.74 Å². The fraction of sp³-hybridized carbons (Fsp3) is 0.286. The van der Waals surface area contributed by atoms with Gasteiger partial charge in [-0.1, -0.05) is 41.7 Å². The number of nitrogens with two attached hydrogens (primary N) is 1. The zero-order valence-electron chi connectivity index (χ0n) is 11.6. The summed E-state index contributed by atoms with van der Waals surface area (Å²) in [5.74, 6) is 1.76. The maximum absolute atomic E-state index is 6.10. The molecule has 0 saturated carbocycles. The van der Waals surface area contributed by atoms with Crippen LogP contribution < -0.4 is 10.5 Å². The Morgan fingerprint density at radius 3 is 2.43 bits per heavy atom. The minimum atomic E-state index is 0.345. The normalized spacial score (nSPS) is 10.7. The van der Waals surface area contributed by atoms with Crippen LogP contribution in [-0.2, 0) is 6.42 Å². The number of nitrogens with zero attached hydrogens (tertiary/aromatic N) is 2. The molecule has 0 saturated heterocycles. The van der Waals surface area contributed by atoms with E-state index in [0.29, 0.717) is 43.9 Å². The molecule has 0 aliphatic heterocycles. The highest BCUT2D eigenvalue weighted by Gasteiger charge is 2.14. The van der Waals surface area contributed by atoms with Crippen LogP contribution >= 0.6 is 34.8 Å². The third-order valence-electron chi connectivity index (χ3n) is 2.84. The van der Waals surface area contributed by atoms with Crippen LogP contribution in [0.3, 0.4) is 0 Å². The standard InChI is InChI=1S/C14H14Cl3N3O/c1-3-4-12-19-13(18)7(2)14(20-12)21-11-6-9(16)8(15)5-10(11)17/h5-6H,3-4H2,1-2H3,(H2,18,19,20). The van der Waals surface area contributed by atoms with Gasteiger partial charge in [0, 0.05) is 12.5 Å². The molecule has 2 aromatic rings. The number of nitrogen functional groups attached to an aromatic ring is 1. The number of halogens is 3. The lowest BCUT2D eigenvalue weighted by Gasteiger charge is -2.12. The Morgan fingerprint density at radius 2 is 1.76 bits per heavy atom. The molecule has 0 atom stereocenters. The number of aromatic nitrogens is 2. The van der Waals surface area contributed by atoms with Gasteiger partial charge in [-0.2, -0.15) is 4.98 Å². The molecule has 1 aromatic carbocycles. The van der Waals surface area contributed by atoms with Crippen LogP contribution in [0.2, 0.25) is 15.1 Å². The van der Waals surface area contributed by atoms with Gasteiger partial charge in [0.05, 0.1) is 20.6 Å². The van der Waals surface area contributed by atoms with Crippen molar-refractivity contribution in [3.05, 3.63) is 38.6 Å². The molecule has 0 aliphatic carbocycles. The Morgan fingerprint density at radius 1 is 1.10 bits per heavy atom. The number of ether oxygens (including phenoxy) is 1. The summed E-state index contributed by atoms with van der Waals surface area (Å²) >= 11 is 18.0. The van der Waals surface area contributed by atoms with Gasteiger partial charge >= 0.3 is 0 Å². The minimum absolute atomic E-state index is 0.345. The Kier molecular flexibility index (Phi) is 5.14. The van der Waals surface area contributed by atoms with Crippen LogP contribution in [-0.4, -0.2) is 9.97 Å². The third-order valence-corrected chi connectivity index (χ3v) is 3.86. The van der Waals surface area contributed by atoms with Gasteiger partial charge in [0.25, 0.3) is 0 Å². The molecule has 2 rings (SSSR count). The number of rotatable bonds is 4. The molecule has 0 spiro atoms. The van der Waals surface area contributed by atoms with E-state index < -0.39 is 0 Å². The van der Waals surface area contributed by atoms with Crippen molar-refractivity contribution in [2.45, 2.75) is 26.7 Å². The van der Waals surface area contributed by atoms with E-state index in [4.69, 9.17) is 45.3 Å². The fourth-order valence-electron chi connectivity index (χ4n) is 1.68.